The van der Waals surface area contributed by atoms with Gasteiger partial charge in [0.2, 0.25) is 15.9 Å². The van der Waals surface area contributed by atoms with Crippen LogP contribution in [0.25, 0.3) is 0 Å². The zero-order chi connectivity index (χ0) is 17.2. The van der Waals surface area contributed by atoms with Crippen molar-refractivity contribution in [2.75, 3.05) is 6.61 Å². The Balaban J connectivity index is 1.85. The SMILES string of the molecule is CCOc1ccc(S(=O)(=O)N(Cc2ccc(F)cc2)C2CC2)cn1. The van der Waals surface area contributed by atoms with Crippen LogP contribution in [-0.4, -0.2) is 30.4 Å². The molecular formula is C17H19FN2O3S. The molecule has 0 atom stereocenters. The van der Waals surface area contributed by atoms with Crippen molar-refractivity contribution < 1.29 is 17.5 Å². The molecule has 0 aliphatic heterocycles. The number of hydrogen-bond donors (Lipinski definition) is 0. The predicted molar refractivity (Wildman–Crippen MR) is 87.6 cm³/mol. The first-order valence-corrected chi connectivity index (χ1v) is 9.30. The molecule has 1 heterocycles. The summed E-state index contributed by atoms with van der Waals surface area (Å²) in [5, 5.41) is 0. The van der Waals surface area contributed by atoms with Gasteiger partial charge in [-0.3, -0.25) is 0 Å². The monoisotopic (exact) mass is 350 g/mol. The summed E-state index contributed by atoms with van der Waals surface area (Å²) >= 11 is 0. The van der Waals surface area contributed by atoms with E-state index < -0.39 is 10.0 Å². The molecule has 1 aromatic carbocycles. The summed E-state index contributed by atoms with van der Waals surface area (Å²) in [5.74, 6) is 0.0586. The zero-order valence-corrected chi connectivity index (χ0v) is 14.2. The Kier molecular flexibility index (Phi) is 4.82. The van der Waals surface area contributed by atoms with Crippen LogP contribution < -0.4 is 4.74 Å². The predicted octanol–water partition coefficient (Wildman–Crippen LogP) is 2.97. The van der Waals surface area contributed by atoms with Crippen LogP contribution in [0.4, 0.5) is 4.39 Å². The lowest BCUT2D eigenvalue weighted by Crippen LogP contribution is -2.32. The lowest BCUT2D eigenvalue weighted by Gasteiger charge is -2.22. The molecule has 0 unspecified atom stereocenters. The molecule has 0 saturated heterocycles. The van der Waals surface area contributed by atoms with E-state index in [1.54, 1.807) is 18.2 Å². The first-order chi connectivity index (χ1) is 11.5. The fraction of sp³-hybridized carbons (Fsp3) is 0.353. The van der Waals surface area contributed by atoms with E-state index >= 15 is 0 Å². The molecule has 24 heavy (non-hydrogen) atoms. The summed E-state index contributed by atoms with van der Waals surface area (Å²) in [5.41, 5.74) is 0.755. The molecule has 7 heteroatoms. The molecule has 2 aromatic rings. The number of hydrogen-bond acceptors (Lipinski definition) is 4. The van der Waals surface area contributed by atoms with Crippen molar-refractivity contribution in [2.24, 2.45) is 0 Å². The van der Waals surface area contributed by atoms with Crippen LogP contribution in [0.15, 0.2) is 47.5 Å². The summed E-state index contributed by atoms with van der Waals surface area (Å²) in [4.78, 5) is 4.18. The molecule has 0 amide bonds. The van der Waals surface area contributed by atoms with Gasteiger partial charge < -0.3 is 4.74 Å². The van der Waals surface area contributed by atoms with Crippen LogP contribution in [0.2, 0.25) is 0 Å². The van der Waals surface area contributed by atoms with Gasteiger partial charge in [0.1, 0.15) is 10.7 Å². The average molecular weight is 350 g/mol. The molecule has 3 rings (SSSR count). The summed E-state index contributed by atoms with van der Waals surface area (Å²) in [6.07, 6.45) is 3.00. The normalized spacial score (nSPS) is 14.8. The van der Waals surface area contributed by atoms with Crippen molar-refractivity contribution in [3.8, 4) is 5.88 Å². The third kappa shape index (κ3) is 3.73. The highest BCUT2D eigenvalue weighted by Gasteiger charge is 2.38. The van der Waals surface area contributed by atoms with E-state index in [4.69, 9.17) is 4.74 Å². The third-order valence-electron chi connectivity index (χ3n) is 3.81. The number of aromatic nitrogens is 1. The fourth-order valence-electron chi connectivity index (χ4n) is 2.43. The van der Waals surface area contributed by atoms with Crippen LogP contribution in [0, 0.1) is 5.82 Å². The Morgan fingerprint density at radius 1 is 1.21 bits per heavy atom. The lowest BCUT2D eigenvalue weighted by molar-refractivity contribution is 0.326. The first-order valence-electron chi connectivity index (χ1n) is 7.86. The second-order valence-electron chi connectivity index (χ2n) is 5.67. The number of rotatable bonds is 7. The van der Waals surface area contributed by atoms with Gasteiger partial charge in [0.15, 0.2) is 0 Å². The Morgan fingerprint density at radius 3 is 2.46 bits per heavy atom. The van der Waals surface area contributed by atoms with Crippen LogP contribution >= 0.6 is 0 Å². The number of halogens is 1. The molecule has 0 N–H and O–H groups in total. The molecule has 0 bridgehead atoms. The van der Waals surface area contributed by atoms with Crippen molar-refractivity contribution in [1.82, 2.24) is 9.29 Å². The van der Waals surface area contributed by atoms with Crippen molar-refractivity contribution >= 4 is 10.0 Å². The summed E-state index contributed by atoms with van der Waals surface area (Å²) < 4.78 is 45.6. The standard InChI is InChI=1S/C17H19FN2O3S/c1-2-23-17-10-9-16(11-19-17)24(21,22)20(15-7-8-15)12-13-3-5-14(18)6-4-13/h3-6,9-11,15H,2,7-8,12H2,1H3. The van der Waals surface area contributed by atoms with Gasteiger partial charge in [0, 0.05) is 18.7 Å². The second kappa shape index (κ2) is 6.86. The van der Waals surface area contributed by atoms with Gasteiger partial charge >= 0.3 is 0 Å². The van der Waals surface area contributed by atoms with Crippen molar-refractivity contribution in [2.45, 2.75) is 37.2 Å². The third-order valence-corrected chi connectivity index (χ3v) is 5.70. The smallest absolute Gasteiger partial charge is 0.245 e. The largest absolute Gasteiger partial charge is 0.478 e. The first kappa shape index (κ1) is 16.9. The van der Waals surface area contributed by atoms with Crippen LogP contribution in [0.1, 0.15) is 25.3 Å². The highest BCUT2D eigenvalue weighted by atomic mass is 32.2. The maximum absolute atomic E-state index is 13.0. The number of benzene rings is 1. The van der Waals surface area contributed by atoms with Gasteiger partial charge in [-0.15, -0.1) is 0 Å². The van der Waals surface area contributed by atoms with Gasteiger partial charge in [-0.05, 0) is 43.5 Å². The van der Waals surface area contributed by atoms with Gasteiger partial charge in [0.25, 0.3) is 0 Å². The molecule has 0 spiro atoms. The van der Waals surface area contributed by atoms with Gasteiger partial charge in [0.05, 0.1) is 12.8 Å². The highest BCUT2D eigenvalue weighted by Crippen LogP contribution is 2.33. The van der Waals surface area contributed by atoms with Gasteiger partial charge in [-0.2, -0.15) is 4.31 Å². The van der Waals surface area contributed by atoms with Crippen LogP contribution in [0.3, 0.4) is 0 Å². The van der Waals surface area contributed by atoms with Crippen molar-refractivity contribution in [1.29, 1.82) is 0 Å². The van der Waals surface area contributed by atoms with Gasteiger partial charge in [-0.25, -0.2) is 17.8 Å². The lowest BCUT2D eigenvalue weighted by atomic mass is 10.2. The Labute approximate surface area is 141 Å². The van der Waals surface area contributed by atoms with Crippen molar-refractivity contribution in [3.05, 3.63) is 54.0 Å². The fourth-order valence-corrected chi connectivity index (χ4v) is 4.05. The Bertz CT molecular complexity index is 788. The molecule has 1 aliphatic carbocycles. The molecule has 1 aromatic heterocycles. The topological polar surface area (TPSA) is 59.5 Å². The minimum absolute atomic E-state index is 0.00776. The molecule has 5 nitrogen and oxygen atoms in total. The quantitative estimate of drug-likeness (QED) is 0.770. The zero-order valence-electron chi connectivity index (χ0n) is 13.4. The van der Waals surface area contributed by atoms with E-state index in [2.05, 4.69) is 4.98 Å². The molecule has 128 valence electrons. The second-order valence-corrected chi connectivity index (χ2v) is 7.56. The van der Waals surface area contributed by atoms with Crippen molar-refractivity contribution in [3.63, 3.8) is 0 Å². The Hall–Kier alpha value is -1.99. The molecule has 1 saturated carbocycles. The number of nitrogens with zero attached hydrogens (tertiary/aromatic N) is 2. The summed E-state index contributed by atoms with van der Waals surface area (Å²) in [6, 6.07) is 8.95. The summed E-state index contributed by atoms with van der Waals surface area (Å²) in [6.45, 7) is 2.53. The maximum atomic E-state index is 13.0. The minimum Gasteiger partial charge on any atom is -0.478 e. The van der Waals surface area contributed by atoms with E-state index in [1.165, 1.54) is 28.7 Å². The van der Waals surface area contributed by atoms with Crippen LogP contribution in [0.5, 0.6) is 5.88 Å². The molecule has 0 radical (unpaired) electrons. The van der Waals surface area contributed by atoms with E-state index in [0.29, 0.717) is 12.5 Å². The Morgan fingerprint density at radius 2 is 1.92 bits per heavy atom. The molecular weight excluding hydrogens is 331 g/mol. The van der Waals surface area contributed by atoms with E-state index in [-0.39, 0.29) is 23.3 Å². The number of ether oxygens (including phenoxy) is 1. The summed E-state index contributed by atoms with van der Waals surface area (Å²) in [7, 11) is -3.66. The number of pyridine rings is 1. The maximum Gasteiger partial charge on any atom is 0.245 e. The van der Waals surface area contributed by atoms with E-state index in [1.807, 2.05) is 6.92 Å². The van der Waals surface area contributed by atoms with E-state index in [0.717, 1.165) is 18.4 Å². The molecule has 1 fully saturated rings. The molecule has 1 aliphatic rings. The van der Waals surface area contributed by atoms with Crippen LogP contribution in [-0.2, 0) is 16.6 Å². The van der Waals surface area contributed by atoms with Gasteiger partial charge in [-0.1, -0.05) is 12.1 Å². The number of sulfonamides is 1. The highest BCUT2D eigenvalue weighted by molar-refractivity contribution is 7.89. The van der Waals surface area contributed by atoms with E-state index in [9.17, 15) is 12.8 Å². The minimum atomic E-state index is -3.66. The average Bonchev–Trinajstić information content (AvgIpc) is 3.40.